The molecule has 0 unspecified atom stereocenters. The molecule has 20 heavy (non-hydrogen) atoms. The fourth-order valence-electron chi connectivity index (χ4n) is 1.71. The SMILES string of the molecule is CCOc1ccc(C(=O)Nc2ccc(Cl)cc2N)cc1. The second-order valence-electron chi connectivity index (χ2n) is 4.14. The van der Waals surface area contributed by atoms with Gasteiger partial charge in [0.15, 0.2) is 0 Å². The predicted octanol–water partition coefficient (Wildman–Crippen LogP) is 3.57. The van der Waals surface area contributed by atoms with Crippen LogP contribution in [-0.2, 0) is 0 Å². The van der Waals surface area contributed by atoms with Crippen LogP contribution in [-0.4, -0.2) is 12.5 Å². The topological polar surface area (TPSA) is 64.3 Å². The molecule has 1 amide bonds. The molecule has 2 rings (SSSR count). The Balaban J connectivity index is 2.11. The van der Waals surface area contributed by atoms with E-state index in [1.807, 2.05) is 6.92 Å². The van der Waals surface area contributed by atoms with Gasteiger partial charge in [0.05, 0.1) is 18.0 Å². The molecule has 4 nitrogen and oxygen atoms in total. The van der Waals surface area contributed by atoms with Crippen molar-refractivity contribution in [2.75, 3.05) is 17.7 Å². The van der Waals surface area contributed by atoms with Crippen molar-refractivity contribution in [2.45, 2.75) is 6.92 Å². The molecule has 2 aromatic rings. The summed E-state index contributed by atoms with van der Waals surface area (Å²) in [4.78, 5) is 12.1. The molecule has 5 heteroatoms. The number of benzene rings is 2. The first kappa shape index (κ1) is 14.2. The number of ether oxygens (including phenoxy) is 1. The average molecular weight is 291 g/mol. The summed E-state index contributed by atoms with van der Waals surface area (Å²) in [5, 5.41) is 3.27. The Kier molecular flexibility index (Phi) is 4.48. The van der Waals surface area contributed by atoms with Crippen LogP contribution in [0.4, 0.5) is 11.4 Å². The molecule has 0 bridgehead atoms. The van der Waals surface area contributed by atoms with E-state index >= 15 is 0 Å². The summed E-state index contributed by atoms with van der Waals surface area (Å²) >= 11 is 5.81. The van der Waals surface area contributed by atoms with Gasteiger partial charge in [-0.05, 0) is 49.4 Å². The summed E-state index contributed by atoms with van der Waals surface area (Å²) in [7, 11) is 0. The molecule has 0 aliphatic carbocycles. The van der Waals surface area contributed by atoms with Gasteiger partial charge < -0.3 is 15.8 Å². The molecule has 0 saturated heterocycles. The molecule has 0 radical (unpaired) electrons. The van der Waals surface area contributed by atoms with Gasteiger partial charge in [0.1, 0.15) is 5.75 Å². The molecule has 0 saturated carbocycles. The van der Waals surface area contributed by atoms with Gasteiger partial charge in [0.25, 0.3) is 5.91 Å². The fraction of sp³-hybridized carbons (Fsp3) is 0.133. The summed E-state index contributed by atoms with van der Waals surface area (Å²) in [5.74, 6) is 0.497. The zero-order valence-electron chi connectivity index (χ0n) is 11.0. The van der Waals surface area contributed by atoms with Crippen LogP contribution in [0.1, 0.15) is 17.3 Å². The quantitative estimate of drug-likeness (QED) is 0.846. The van der Waals surface area contributed by atoms with Crippen LogP contribution in [0.5, 0.6) is 5.75 Å². The van der Waals surface area contributed by atoms with Gasteiger partial charge in [-0.2, -0.15) is 0 Å². The second kappa shape index (κ2) is 6.30. The van der Waals surface area contributed by atoms with Gasteiger partial charge in [-0.1, -0.05) is 11.6 Å². The number of amides is 1. The molecule has 0 atom stereocenters. The van der Waals surface area contributed by atoms with Crippen molar-refractivity contribution in [1.82, 2.24) is 0 Å². The zero-order valence-corrected chi connectivity index (χ0v) is 11.8. The molecule has 0 aliphatic heterocycles. The van der Waals surface area contributed by atoms with Crippen molar-refractivity contribution in [1.29, 1.82) is 0 Å². The van der Waals surface area contributed by atoms with Crippen LogP contribution in [0.2, 0.25) is 5.02 Å². The van der Waals surface area contributed by atoms with Crippen molar-refractivity contribution < 1.29 is 9.53 Å². The second-order valence-corrected chi connectivity index (χ2v) is 4.58. The number of anilines is 2. The van der Waals surface area contributed by atoms with Crippen LogP contribution in [0.25, 0.3) is 0 Å². The van der Waals surface area contributed by atoms with E-state index < -0.39 is 0 Å². The number of nitrogens with one attached hydrogen (secondary N) is 1. The Labute approximate surface area is 122 Å². The summed E-state index contributed by atoms with van der Waals surface area (Å²) < 4.78 is 5.32. The van der Waals surface area contributed by atoms with E-state index in [0.29, 0.717) is 28.6 Å². The zero-order chi connectivity index (χ0) is 14.5. The number of nitrogens with two attached hydrogens (primary N) is 1. The molecule has 0 aliphatic rings. The number of rotatable bonds is 4. The predicted molar refractivity (Wildman–Crippen MR) is 81.4 cm³/mol. The first-order valence-electron chi connectivity index (χ1n) is 6.19. The minimum absolute atomic E-state index is 0.234. The minimum atomic E-state index is -0.234. The summed E-state index contributed by atoms with van der Waals surface area (Å²) in [6.45, 7) is 2.50. The van der Waals surface area contributed by atoms with Crippen molar-refractivity contribution in [3.63, 3.8) is 0 Å². The van der Waals surface area contributed by atoms with Crippen LogP contribution in [0.3, 0.4) is 0 Å². The highest BCUT2D eigenvalue weighted by Crippen LogP contribution is 2.23. The smallest absolute Gasteiger partial charge is 0.255 e. The van der Waals surface area contributed by atoms with Gasteiger partial charge >= 0.3 is 0 Å². The normalized spacial score (nSPS) is 10.1. The van der Waals surface area contributed by atoms with Crippen molar-refractivity contribution in [2.24, 2.45) is 0 Å². The third-order valence-electron chi connectivity index (χ3n) is 2.69. The maximum atomic E-state index is 12.1. The molecule has 104 valence electrons. The highest BCUT2D eigenvalue weighted by atomic mass is 35.5. The lowest BCUT2D eigenvalue weighted by molar-refractivity contribution is 0.102. The lowest BCUT2D eigenvalue weighted by Crippen LogP contribution is -2.13. The van der Waals surface area contributed by atoms with Gasteiger partial charge in [-0.25, -0.2) is 0 Å². The highest BCUT2D eigenvalue weighted by Gasteiger charge is 2.08. The maximum absolute atomic E-state index is 12.1. The number of hydrogen-bond donors (Lipinski definition) is 2. The number of carbonyl (C=O) groups is 1. The summed E-state index contributed by atoms with van der Waals surface area (Å²) in [6.07, 6.45) is 0. The number of carbonyl (C=O) groups excluding carboxylic acids is 1. The Morgan fingerprint density at radius 1 is 1.25 bits per heavy atom. The fourth-order valence-corrected chi connectivity index (χ4v) is 1.89. The standard InChI is InChI=1S/C15H15ClN2O2/c1-2-20-12-6-3-10(4-7-12)15(19)18-14-8-5-11(16)9-13(14)17/h3-9H,2,17H2,1H3,(H,18,19). The van der Waals surface area contributed by atoms with E-state index in [9.17, 15) is 4.79 Å². The largest absolute Gasteiger partial charge is 0.494 e. The van der Waals surface area contributed by atoms with Crippen molar-refractivity contribution in [3.05, 3.63) is 53.1 Å². The minimum Gasteiger partial charge on any atom is -0.494 e. The first-order chi connectivity index (χ1) is 9.60. The van der Waals surface area contributed by atoms with E-state index in [0.717, 1.165) is 5.75 Å². The van der Waals surface area contributed by atoms with Crippen LogP contribution >= 0.6 is 11.6 Å². The Morgan fingerprint density at radius 3 is 2.55 bits per heavy atom. The molecule has 0 aromatic heterocycles. The van der Waals surface area contributed by atoms with Crippen LogP contribution in [0, 0.1) is 0 Å². The van der Waals surface area contributed by atoms with Crippen LogP contribution in [0.15, 0.2) is 42.5 Å². The third kappa shape index (κ3) is 3.42. The Bertz CT molecular complexity index is 612. The molecule has 2 aromatic carbocycles. The number of halogens is 1. The van der Waals surface area contributed by atoms with E-state index in [1.54, 1.807) is 42.5 Å². The average Bonchev–Trinajstić information content (AvgIpc) is 2.43. The Hall–Kier alpha value is -2.20. The van der Waals surface area contributed by atoms with Gasteiger partial charge in [0.2, 0.25) is 0 Å². The van der Waals surface area contributed by atoms with Gasteiger partial charge in [-0.15, -0.1) is 0 Å². The number of nitrogen functional groups attached to an aromatic ring is 1. The molecular weight excluding hydrogens is 276 g/mol. The van der Waals surface area contributed by atoms with Gasteiger partial charge in [0, 0.05) is 10.6 Å². The molecule has 0 heterocycles. The van der Waals surface area contributed by atoms with Crippen molar-refractivity contribution in [3.8, 4) is 5.75 Å². The van der Waals surface area contributed by atoms with Crippen molar-refractivity contribution >= 4 is 28.9 Å². The number of hydrogen-bond acceptors (Lipinski definition) is 3. The van der Waals surface area contributed by atoms with E-state index in [4.69, 9.17) is 22.1 Å². The lowest BCUT2D eigenvalue weighted by Gasteiger charge is -2.09. The molecular formula is C15H15ClN2O2. The third-order valence-corrected chi connectivity index (χ3v) is 2.92. The first-order valence-corrected chi connectivity index (χ1v) is 6.57. The van der Waals surface area contributed by atoms with Gasteiger partial charge in [-0.3, -0.25) is 4.79 Å². The van der Waals surface area contributed by atoms with E-state index in [1.165, 1.54) is 0 Å². The summed E-state index contributed by atoms with van der Waals surface area (Å²) in [6, 6.07) is 11.8. The summed E-state index contributed by atoms with van der Waals surface area (Å²) in [5.41, 5.74) is 7.29. The molecule has 0 spiro atoms. The highest BCUT2D eigenvalue weighted by molar-refractivity contribution is 6.31. The molecule has 0 fully saturated rings. The van der Waals surface area contributed by atoms with E-state index in [2.05, 4.69) is 5.32 Å². The monoisotopic (exact) mass is 290 g/mol. The van der Waals surface area contributed by atoms with E-state index in [-0.39, 0.29) is 5.91 Å². The van der Waals surface area contributed by atoms with Crippen LogP contribution < -0.4 is 15.8 Å². The maximum Gasteiger partial charge on any atom is 0.255 e. The lowest BCUT2D eigenvalue weighted by atomic mass is 10.2. The Morgan fingerprint density at radius 2 is 1.95 bits per heavy atom. The molecule has 3 N–H and O–H groups in total.